The zero-order chi connectivity index (χ0) is 16.9. The molecule has 2 rings (SSSR count). The number of benzene rings is 1. The highest BCUT2D eigenvalue weighted by Gasteiger charge is 1.98. The van der Waals surface area contributed by atoms with Gasteiger partial charge in [-0.3, -0.25) is 9.67 Å². The van der Waals surface area contributed by atoms with E-state index >= 15 is 0 Å². The Kier molecular flexibility index (Phi) is 12.2. The lowest BCUT2D eigenvalue weighted by Crippen LogP contribution is -2.38. The minimum atomic E-state index is 0. The molecule has 1 aromatic heterocycles. The van der Waals surface area contributed by atoms with E-state index in [1.165, 1.54) is 4.90 Å². The van der Waals surface area contributed by atoms with E-state index in [2.05, 4.69) is 58.0 Å². The molecule has 7 heteroatoms. The summed E-state index contributed by atoms with van der Waals surface area (Å²) in [6.45, 7) is 5.63. The van der Waals surface area contributed by atoms with Gasteiger partial charge in [-0.2, -0.15) is 5.10 Å². The molecule has 138 valence electrons. The molecule has 0 aliphatic rings. The first-order valence-electron chi connectivity index (χ1n) is 8.56. The molecule has 0 saturated carbocycles. The third-order valence-corrected chi connectivity index (χ3v) is 4.44. The normalized spacial score (nSPS) is 11.0. The van der Waals surface area contributed by atoms with E-state index in [9.17, 15) is 0 Å². The smallest absolute Gasteiger partial charge is 0.191 e. The SMILES string of the molecule is CCNC(=NCCCSc1ccccc1)NCCCn1cccn1.I. The Morgan fingerprint density at radius 2 is 2.00 bits per heavy atom. The predicted octanol–water partition coefficient (Wildman–Crippen LogP) is 3.63. The van der Waals surface area contributed by atoms with Crippen LogP contribution in [0.25, 0.3) is 0 Å². The van der Waals surface area contributed by atoms with Gasteiger partial charge in [-0.05, 0) is 43.7 Å². The van der Waals surface area contributed by atoms with Crippen LogP contribution in [0.5, 0.6) is 0 Å². The Labute approximate surface area is 172 Å². The van der Waals surface area contributed by atoms with E-state index in [0.717, 1.165) is 50.7 Å². The summed E-state index contributed by atoms with van der Waals surface area (Å²) in [5.41, 5.74) is 0. The molecule has 2 N–H and O–H groups in total. The van der Waals surface area contributed by atoms with Gasteiger partial charge >= 0.3 is 0 Å². The number of hydrogen-bond donors (Lipinski definition) is 2. The first-order valence-corrected chi connectivity index (χ1v) is 9.54. The zero-order valence-electron chi connectivity index (χ0n) is 14.7. The maximum Gasteiger partial charge on any atom is 0.191 e. The van der Waals surface area contributed by atoms with Gasteiger partial charge in [0.15, 0.2) is 5.96 Å². The molecular weight excluding hydrogens is 445 g/mol. The molecule has 1 aromatic carbocycles. The molecule has 0 unspecified atom stereocenters. The van der Waals surface area contributed by atoms with E-state index in [4.69, 9.17) is 0 Å². The van der Waals surface area contributed by atoms with E-state index in [1.54, 1.807) is 0 Å². The van der Waals surface area contributed by atoms with E-state index in [1.807, 2.05) is 34.9 Å². The Morgan fingerprint density at radius 1 is 1.16 bits per heavy atom. The van der Waals surface area contributed by atoms with Crippen molar-refractivity contribution >= 4 is 41.7 Å². The van der Waals surface area contributed by atoms with Crippen LogP contribution in [0.4, 0.5) is 0 Å². The van der Waals surface area contributed by atoms with Gasteiger partial charge in [-0.15, -0.1) is 35.7 Å². The van der Waals surface area contributed by atoms with Crippen molar-refractivity contribution in [1.29, 1.82) is 0 Å². The number of nitrogens with zero attached hydrogens (tertiary/aromatic N) is 3. The number of thioether (sulfide) groups is 1. The summed E-state index contributed by atoms with van der Waals surface area (Å²) < 4.78 is 1.95. The van der Waals surface area contributed by atoms with Gasteiger partial charge in [0.25, 0.3) is 0 Å². The van der Waals surface area contributed by atoms with Crippen LogP contribution in [0.15, 0.2) is 58.7 Å². The van der Waals surface area contributed by atoms with Crippen molar-refractivity contribution in [2.45, 2.75) is 31.2 Å². The van der Waals surface area contributed by atoms with Crippen LogP contribution in [-0.2, 0) is 6.54 Å². The fourth-order valence-electron chi connectivity index (χ4n) is 2.18. The third-order valence-electron chi connectivity index (χ3n) is 3.34. The number of guanidine groups is 1. The second kappa shape index (κ2) is 14.0. The Balaban J connectivity index is 0.00000312. The van der Waals surface area contributed by atoms with Crippen LogP contribution in [0.2, 0.25) is 0 Å². The Hall–Kier alpha value is -1.22. The highest BCUT2D eigenvalue weighted by atomic mass is 127. The summed E-state index contributed by atoms with van der Waals surface area (Å²) in [5, 5.41) is 10.9. The molecule has 0 bridgehead atoms. The first kappa shape index (κ1) is 21.8. The summed E-state index contributed by atoms with van der Waals surface area (Å²) in [6.07, 6.45) is 5.90. The lowest BCUT2D eigenvalue weighted by molar-refractivity contribution is 0.570. The number of aliphatic imine (C=N–C) groups is 1. The molecular formula is C18H28IN5S. The van der Waals surface area contributed by atoms with Gasteiger partial charge in [0.2, 0.25) is 0 Å². The van der Waals surface area contributed by atoms with Crippen molar-refractivity contribution in [3.63, 3.8) is 0 Å². The van der Waals surface area contributed by atoms with Crippen LogP contribution in [0, 0.1) is 0 Å². The molecule has 5 nitrogen and oxygen atoms in total. The molecule has 2 aromatic rings. The quantitative estimate of drug-likeness (QED) is 0.182. The summed E-state index contributed by atoms with van der Waals surface area (Å²) in [4.78, 5) is 5.96. The molecule has 0 aliphatic heterocycles. The lowest BCUT2D eigenvalue weighted by atomic mass is 10.4. The summed E-state index contributed by atoms with van der Waals surface area (Å²) >= 11 is 1.89. The number of halogens is 1. The summed E-state index contributed by atoms with van der Waals surface area (Å²) in [7, 11) is 0. The van der Waals surface area contributed by atoms with Gasteiger partial charge in [0.1, 0.15) is 0 Å². The molecule has 0 fully saturated rings. The number of hydrogen-bond acceptors (Lipinski definition) is 3. The monoisotopic (exact) mass is 473 g/mol. The predicted molar refractivity (Wildman–Crippen MR) is 118 cm³/mol. The van der Waals surface area contributed by atoms with Gasteiger partial charge in [0, 0.05) is 43.5 Å². The van der Waals surface area contributed by atoms with Crippen molar-refractivity contribution in [2.24, 2.45) is 4.99 Å². The fraction of sp³-hybridized carbons (Fsp3) is 0.444. The highest BCUT2D eigenvalue weighted by molar-refractivity contribution is 14.0. The molecule has 0 aliphatic carbocycles. The largest absolute Gasteiger partial charge is 0.357 e. The zero-order valence-corrected chi connectivity index (χ0v) is 17.9. The minimum absolute atomic E-state index is 0. The molecule has 1 heterocycles. The van der Waals surface area contributed by atoms with Gasteiger partial charge in [-0.1, -0.05) is 18.2 Å². The van der Waals surface area contributed by atoms with Crippen molar-refractivity contribution in [2.75, 3.05) is 25.4 Å². The second-order valence-electron chi connectivity index (χ2n) is 5.33. The van der Waals surface area contributed by atoms with Gasteiger partial charge in [0.05, 0.1) is 0 Å². The molecule has 25 heavy (non-hydrogen) atoms. The van der Waals surface area contributed by atoms with E-state index < -0.39 is 0 Å². The molecule has 0 atom stereocenters. The minimum Gasteiger partial charge on any atom is -0.357 e. The van der Waals surface area contributed by atoms with E-state index in [0.29, 0.717) is 0 Å². The van der Waals surface area contributed by atoms with Crippen molar-refractivity contribution in [3.8, 4) is 0 Å². The van der Waals surface area contributed by atoms with Crippen LogP contribution in [-0.4, -0.2) is 41.1 Å². The average molecular weight is 473 g/mol. The molecule has 0 saturated heterocycles. The fourth-order valence-corrected chi connectivity index (χ4v) is 3.04. The van der Waals surface area contributed by atoms with Crippen LogP contribution in [0.3, 0.4) is 0 Å². The van der Waals surface area contributed by atoms with E-state index in [-0.39, 0.29) is 24.0 Å². The average Bonchev–Trinajstić information content (AvgIpc) is 3.12. The van der Waals surface area contributed by atoms with Crippen molar-refractivity contribution < 1.29 is 0 Å². The van der Waals surface area contributed by atoms with Gasteiger partial charge in [-0.25, -0.2) is 0 Å². The standard InChI is InChI=1S/C18H27N5S.HI/c1-2-19-18(20-11-6-14-23-15-7-13-22-23)21-12-8-16-24-17-9-4-3-5-10-17;/h3-5,7,9-10,13,15H,2,6,8,11-12,14,16H2,1H3,(H2,19,20,21);1H. The number of rotatable bonds is 10. The highest BCUT2D eigenvalue weighted by Crippen LogP contribution is 2.17. The van der Waals surface area contributed by atoms with Crippen LogP contribution < -0.4 is 10.6 Å². The lowest BCUT2D eigenvalue weighted by Gasteiger charge is -2.11. The maximum atomic E-state index is 4.64. The number of nitrogens with one attached hydrogen (secondary N) is 2. The van der Waals surface area contributed by atoms with Gasteiger partial charge < -0.3 is 10.6 Å². The molecule has 0 spiro atoms. The number of aromatic nitrogens is 2. The topological polar surface area (TPSA) is 54.2 Å². The van der Waals surface area contributed by atoms with Crippen molar-refractivity contribution in [3.05, 3.63) is 48.8 Å². The Morgan fingerprint density at radius 3 is 2.72 bits per heavy atom. The first-order chi connectivity index (χ1) is 11.9. The maximum absolute atomic E-state index is 4.64. The van der Waals surface area contributed by atoms with Crippen LogP contribution in [0.1, 0.15) is 19.8 Å². The number of aryl methyl sites for hydroxylation is 1. The van der Waals surface area contributed by atoms with Crippen LogP contribution >= 0.6 is 35.7 Å². The molecule has 0 radical (unpaired) electrons. The summed E-state index contributed by atoms with van der Waals surface area (Å²) in [5.74, 6) is 1.99. The summed E-state index contributed by atoms with van der Waals surface area (Å²) in [6, 6.07) is 12.5. The second-order valence-corrected chi connectivity index (χ2v) is 6.49. The van der Waals surface area contributed by atoms with Crippen molar-refractivity contribution in [1.82, 2.24) is 20.4 Å². The Bertz CT molecular complexity index is 574. The third kappa shape index (κ3) is 9.74. The molecule has 0 amide bonds.